The van der Waals surface area contributed by atoms with Crippen LogP contribution in [0.5, 0.6) is 0 Å². The number of hydrogen-bond acceptors (Lipinski definition) is 3. The van der Waals surface area contributed by atoms with Crippen molar-refractivity contribution in [1.29, 1.82) is 0 Å². The number of hydrogen-bond donors (Lipinski definition) is 3. The highest BCUT2D eigenvalue weighted by Crippen LogP contribution is 2.11. The van der Waals surface area contributed by atoms with E-state index in [4.69, 9.17) is 5.11 Å². The molecule has 3 N–H and O–H groups in total. The smallest absolute Gasteiger partial charge is 0.315 e. The van der Waals surface area contributed by atoms with Gasteiger partial charge in [-0.05, 0) is 44.4 Å². The highest BCUT2D eigenvalue weighted by molar-refractivity contribution is 5.75. The predicted molar refractivity (Wildman–Crippen MR) is 75.3 cm³/mol. The lowest BCUT2D eigenvalue weighted by Gasteiger charge is -2.25. The van der Waals surface area contributed by atoms with Crippen LogP contribution in [0, 0.1) is 6.92 Å². The monoisotopic (exact) mass is 279 g/mol. The summed E-state index contributed by atoms with van der Waals surface area (Å²) in [5.74, 6) is -0.869. The molecule has 6 nitrogen and oxygen atoms in total. The van der Waals surface area contributed by atoms with E-state index in [1.54, 1.807) is 26.2 Å². The molecule has 0 aliphatic carbocycles. The highest BCUT2D eigenvalue weighted by atomic mass is 16.4. The number of aryl methyl sites for hydroxylation is 1. The van der Waals surface area contributed by atoms with Crippen molar-refractivity contribution in [1.82, 2.24) is 15.6 Å². The summed E-state index contributed by atoms with van der Waals surface area (Å²) < 4.78 is 0. The number of pyridine rings is 1. The second-order valence-corrected chi connectivity index (χ2v) is 5.39. The van der Waals surface area contributed by atoms with Crippen LogP contribution < -0.4 is 10.6 Å². The van der Waals surface area contributed by atoms with Crippen LogP contribution in [0.3, 0.4) is 0 Å². The average Bonchev–Trinajstić information content (AvgIpc) is 2.35. The van der Waals surface area contributed by atoms with Gasteiger partial charge in [-0.3, -0.25) is 9.78 Å². The second-order valence-electron chi connectivity index (χ2n) is 5.39. The summed E-state index contributed by atoms with van der Waals surface area (Å²) in [5.41, 5.74) is 1.45. The minimum atomic E-state index is -0.869. The molecule has 0 aliphatic rings. The van der Waals surface area contributed by atoms with E-state index in [2.05, 4.69) is 15.6 Å². The zero-order chi connectivity index (χ0) is 15.2. The summed E-state index contributed by atoms with van der Waals surface area (Å²) in [6.45, 7) is 5.93. The summed E-state index contributed by atoms with van der Waals surface area (Å²) >= 11 is 0. The summed E-state index contributed by atoms with van der Waals surface area (Å²) in [6.07, 6.45) is 3.82. The van der Waals surface area contributed by atoms with Gasteiger partial charge >= 0.3 is 12.0 Å². The molecule has 6 heteroatoms. The molecule has 1 aromatic heterocycles. The minimum absolute atomic E-state index is 0.0228. The van der Waals surface area contributed by atoms with Crippen LogP contribution >= 0.6 is 0 Å². The average molecular weight is 279 g/mol. The minimum Gasteiger partial charge on any atom is -0.481 e. The standard InChI is InChI=1S/C14H21N3O3/c1-10-5-7-15-8-11(10)9-16-13(20)17-14(2,3)6-4-12(18)19/h5,7-8H,4,6,9H2,1-3H3,(H,18,19)(H2,16,17,20). The van der Waals surface area contributed by atoms with Crippen LogP contribution in [0.1, 0.15) is 37.8 Å². The molecule has 0 saturated carbocycles. The number of nitrogens with one attached hydrogen (secondary N) is 2. The van der Waals surface area contributed by atoms with Crippen LogP contribution in [0.2, 0.25) is 0 Å². The van der Waals surface area contributed by atoms with Crippen LogP contribution in [-0.2, 0) is 11.3 Å². The third kappa shape index (κ3) is 5.69. The van der Waals surface area contributed by atoms with Gasteiger partial charge in [0.25, 0.3) is 0 Å². The fraction of sp³-hybridized carbons (Fsp3) is 0.500. The summed E-state index contributed by atoms with van der Waals surface area (Å²) in [6, 6.07) is 1.56. The highest BCUT2D eigenvalue weighted by Gasteiger charge is 2.21. The summed E-state index contributed by atoms with van der Waals surface area (Å²) in [7, 11) is 0. The molecule has 110 valence electrons. The number of aliphatic carboxylic acids is 1. The van der Waals surface area contributed by atoms with Crippen LogP contribution in [0.15, 0.2) is 18.5 Å². The molecule has 0 saturated heterocycles. The molecule has 0 atom stereocenters. The van der Waals surface area contributed by atoms with E-state index in [-0.39, 0.29) is 12.5 Å². The van der Waals surface area contributed by atoms with E-state index in [1.807, 2.05) is 13.0 Å². The predicted octanol–water partition coefficient (Wildman–Crippen LogP) is 1.83. The molecule has 1 rings (SSSR count). The Morgan fingerprint density at radius 2 is 2.10 bits per heavy atom. The fourth-order valence-electron chi connectivity index (χ4n) is 1.69. The molecule has 0 aliphatic heterocycles. The van der Waals surface area contributed by atoms with E-state index in [0.717, 1.165) is 11.1 Å². The number of carbonyl (C=O) groups is 2. The lowest BCUT2D eigenvalue weighted by molar-refractivity contribution is -0.137. The van der Waals surface area contributed by atoms with Crippen molar-refractivity contribution in [2.75, 3.05) is 0 Å². The molecule has 1 heterocycles. The Kier molecular flexibility index (Phi) is 5.49. The van der Waals surface area contributed by atoms with Crippen molar-refractivity contribution in [2.24, 2.45) is 0 Å². The first kappa shape index (κ1) is 15.9. The Labute approximate surface area is 118 Å². The van der Waals surface area contributed by atoms with E-state index in [1.165, 1.54) is 0 Å². The Hall–Kier alpha value is -2.11. The first-order valence-corrected chi connectivity index (χ1v) is 6.47. The Bertz CT molecular complexity index is 486. The number of aromatic nitrogens is 1. The first-order chi connectivity index (χ1) is 9.30. The molecular weight excluding hydrogens is 258 g/mol. The molecule has 0 fully saturated rings. The number of rotatable bonds is 6. The summed E-state index contributed by atoms with van der Waals surface area (Å²) in [4.78, 5) is 26.4. The number of nitrogens with zero attached hydrogens (tertiary/aromatic N) is 1. The van der Waals surface area contributed by atoms with Gasteiger partial charge in [0, 0.05) is 30.9 Å². The van der Waals surface area contributed by atoms with Gasteiger partial charge in [0.05, 0.1) is 0 Å². The van der Waals surface area contributed by atoms with Crippen molar-refractivity contribution >= 4 is 12.0 Å². The molecular formula is C14H21N3O3. The molecule has 2 amide bonds. The summed E-state index contributed by atoms with van der Waals surface area (Å²) in [5, 5.41) is 14.2. The van der Waals surface area contributed by atoms with E-state index in [9.17, 15) is 9.59 Å². The topological polar surface area (TPSA) is 91.3 Å². The Balaban J connectivity index is 2.43. The van der Waals surface area contributed by atoms with Crippen molar-refractivity contribution < 1.29 is 14.7 Å². The maximum absolute atomic E-state index is 11.8. The van der Waals surface area contributed by atoms with Gasteiger partial charge in [-0.1, -0.05) is 0 Å². The van der Waals surface area contributed by atoms with Crippen molar-refractivity contribution in [3.63, 3.8) is 0 Å². The van der Waals surface area contributed by atoms with E-state index >= 15 is 0 Å². The molecule has 0 aromatic carbocycles. The molecule has 1 aromatic rings. The maximum Gasteiger partial charge on any atom is 0.315 e. The molecule has 0 spiro atoms. The Morgan fingerprint density at radius 3 is 2.70 bits per heavy atom. The molecule has 20 heavy (non-hydrogen) atoms. The third-order valence-corrected chi connectivity index (χ3v) is 3.00. The largest absolute Gasteiger partial charge is 0.481 e. The van der Waals surface area contributed by atoms with Gasteiger partial charge in [0.1, 0.15) is 0 Å². The van der Waals surface area contributed by atoms with Gasteiger partial charge in [-0.15, -0.1) is 0 Å². The van der Waals surface area contributed by atoms with Crippen molar-refractivity contribution in [3.8, 4) is 0 Å². The number of carboxylic acid groups (broad SMARTS) is 1. The van der Waals surface area contributed by atoms with Crippen molar-refractivity contribution in [2.45, 2.75) is 45.7 Å². The molecule has 0 radical (unpaired) electrons. The first-order valence-electron chi connectivity index (χ1n) is 6.47. The quantitative estimate of drug-likeness (QED) is 0.741. The zero-order valence-electron chi connectivity index (χ0n) is 12.1. The lowest BCUT2D eigenvalue weighted by atomic mass is 9.99. The van der Waals surface area contributed by atoms with Crippen LogP contribution in [0.4, 0.5) is 4.79 Å². The number of carboxylic acids is 1. The van der Waals surface area contributed by atoms with Gasteiger partial charge < -0.3 is 15.7 Å². The fourth-order valence-corrected chi connectivity index (χ4v) is 1.69. The van der Waals surface area contributed by atoms with Gasteiger partial charge in [0.15, 0.2) is 0 Å². The van der Waals surface area contributed by atoms with Gasteiger partial charge in [-0.25, -0.2) is 4.79 Å². The molecule has 0 bridgehead atoms. The van der Waals surface area contributed by atoms with Gasteiger partial charge in [0.2, 0.25) is 0 Å². The number of urea groups is 1. The SMILES string of the molecule is Cc1ccncc1CNC(=O)NC(C)(C)CCC(=O)O. The normalized spacial score (nSPS) is 10.9. The van der Waals surface area contributed by atoms with Gasteiger partial charge in [-0.2, -0.15) is 0 Å². The zero-order valence-corrected chi connectivity index (χ0v) is 12.1. The second kappa shape index (κ2) is 6.88. The van der Waals surface area contributed by atoms with Crippen LogP contribution in [0.25, 0.3) is 0 Å². The number of carbonyl (C=O) groups excluding carboxylic acids is 1. The number of amides is 2. The van der Waals surface area contributed by atoms with Crippen molar-refractivity contribution in [3.05, 3.63) is 29.6 Å². The Morgan fingerprint density at radius 1 is 1.40 bits per heavy atom. The lowest BCUT2D eigenvalue weighted by Crippen LogP contribution is -2.48. The van der Waals surface area contributed by atoms with E-state index in [0.29, 0.717) is 13.0 Å². The van der Waals surface area contributed by atoms with Crippen LogP contribution in [-0.4, -0.2) is 27.6 Å². The molecule has 0 unspecified atom stereocenters. The van der Waals surface area contributed by atoms with E-state index < -0.39 is 11.5 Å². The maximum atomic E-state index is 11.8. The third-order valence-electron chi connectivity index (χ3n) is 3.00.